The summed E-state index contributed by atoms with van der Waals surface area (Å²) in [6, 6.07) is 2.13. The fourth-order valence-electron chi connectivity index (χ4n) is 2.78. The van der Waals surface area contributed by atoms with Crippen LogP contribution in [-0.2, 0) is 9.47 Å². The minimum absolute atomic E-state index is 0.000780. The summed E-state index contributed by atoms with van der Waals surface area (Å²) in [4.78, 5) is 0. The summed E-state index contributed by atoms with van der Waals surface area (Å²) in [6.07, 6.45) is 1.91. The molecule has 0 aromatic rings. The molecule has 2 aliphatic rings. The number of rotatable bonds is 4. The summed E-state index contributed by atoms with van der Waals surface area (Å²) in [7, 11) is 0. The quantitative estimate of drug-likeness (QED) is 0.774. The Bertz CT molecular complexity index is 315. The number of ether oxygens (including phenoxy) is 2. The maximum Gasteiger partial charge on any atom is 0.106 e. The molecule has 6 atom stereocenters. The predicted molar refractivity (Wildman–Crippen MR) is 63.7 cm³/mol. The summed E-state index contributed by atoms with van der Waals surface area (Å²) in [6.45, 7) is 1.56. The largest absolute Gasteiger partial charge is 0.391 e. The van der Waals surface area contributed by atoms with Crippen LogP contribution in [0.15, 0.2) is 0 Å². The lowest BCUT2D eigenvalue weighted by Gasteiger charge is -2.31. The Balaban J connectivity index is 1.85. The van der Waals surface area contributed by atoms with Crippen LogP contribution in [-0.4, -0.2) is 46.8 Å². The van der Waals surface area contributed by atoms with Crippen LogP contribution in [0.1, 0.15) is 39.0 Å². The molecule has 2 saturated heterocycles. The van der Waals surface area contributed by atoms with E-state index in [2.05, 4.69) is 6.07 Å². The highest BCUT2D eigenvalue weighted by Crippen LogP contribution is 2.35. The van der Waals surface area contributed by atoms with Crippen molar-refractivity contribution in [2.45, 2.75) is 75.7 Å². The van der Waals surface area contributed by atoms with E-state index in [-0.39, 0.29) is 24.4 Å². The summed E-state index contributed by atoms with van der Waals surface area (Å²) in [5.41, 5.74) is 0. The Morgan fingerprint density at radius 3 is 2.72 bits per heavy atom. The van der Waals surface area contributed by atoms with Crippen LogP contribution >= 0.6 is 0 Å². The van der Waals surface area contributed by atoms with E-state index in [1.54, 1.807) is 6.92 Å². The van der Waals surface area contributed by atoms with Gasteiger partial charge in [0, 0.05) is 12.8 Å². The lowest BCUT2D eigenvalue weighted by atomic mass is 9.96. The van der Waals surface area contributed by atoms with Gasteiger partial charge in [-0.2, -0.15) is 5.26 Å². The number of aliphatic hydroxyl groups excluding tert-OH is 2. The molecular weight excluding hydrogens is 234 g/mol. The van der Waals surface area contributed by atoms with Crippen molar-refractivity contribution in [3.63, 3.8) is 0 Å². The third kappa shape index (κ3) is 3.01. The van der Waals surface area contributed by atoms with Gasteiger partial charge in [0.05, 0.1) is 36.6 Å². The molecule has 2 heterocycles. The first-order valence-electron chi connectivity index (χ1n) is 6.65. The molecule has 0 radical (unpaired) electrons. The van der Waals surface area contributed by atoms with E-state index in [9.17, 15) is 10.2 Å². The zero-order valence-electron chi connectivity index (χ0n) is 10.7. The highest BCUT2D eigenvalue weighted by molar-refractivity contribution is 4.92. The normalized spacial score (nSPS) is 38.8. The standard InChI is InChI=1S/C13H21NO4/c1-8(15)13(16)12-7-11-10(18-12)5-4-9(17-11)3-2-6-14/h8-13,15-16H,2-5,7H2,1H3/t8-,9?,10+,11+,12-,13-/m1/s1. The Kier molecular flexibility index (Phi) is 4.57. The van der Waals surface area contributed by atoms with Crippen LogP contribution in [0.2, 0.25) is 0 Å². The van der Waals surface area contributed by atoms with Crippen molar-refractivity contribution in [1.82, 2.24) is 0 Å². The van der Waals surface area contributed by atoms with E-state index in [1.165, 1.54) is 0 Å². The summed E-state index contributed by atoms with van der Waals surface area (Å²) < 4.78 is 11.6. The van der Waals surface area contributed by atoms with Crippen LogP contribution in [0.4, 0.5) is 0 Å². The minimum Gasteiger partial charge on any atom is -0.391 e. The van der Waals surface area contributed by atoms with E-state index < -0.39 is 12.2 Å². The molecule has 1 unspecified atom stereocenters. The maximum absolute atomic E-state index is 9.81. The Labute approximate surface area is 107 Å². The number of hydrogen-bond acceptors (Lipinski definition) is 5. The lowest BCUT2D eigenvalue weighted by Crippen LogP contribution is -2.35. The van der Waals surface area contributed by atoms with Crippen molar-refractivity contribution in [3.05, 3.63) is 0 Å². The lowest BCUT2D eigenvalue weighted by molar-refractivity contribution is -0.117. The van der Waals surface area contributed by atoms with Crippen LogP contribution in [0.3, 0.4) is 0 Å². The summed E-state index contributed by atoms with van der Waals surface area (Å²) in [5.74, 6) is 0. The maximum atomic E-state index is 9.81. The van der Waals surface area contributed by atoms with Crippen LogP contribution in [0, 0.1) is 11.3 Å². The molecule has 0 amide bonds. The first-order valence-corrected chi connectivity index (χ1v) is 6.65. The number of nitrogens with zero attached hydrogens (tertiary/aromatic N) is 1. The second-order valence-corrected chi connectivity index (χ2v) is 5.25. The van der Waals surface area contributed by atoms with Gasteiger partial charge >= 0.3 is 0 Å². The summed E-state index contributed by atoms with van der Waals surface area (Å²) >= 11 is 0. The minimum atomic E-state index is -0.850. The zero-order chi connectivity index (χ0) is 13.1. The van der Waals surface area contributed by atoms with Gasteiger partial charge in [-0.3, -0.25) is 0 Å². The molecule has 2 rings (SSSR count). The van der Waals surface area contributed by atoms with Gasteiger partial charge in [0.15, 0.2) is 0 Å². The molecule has 0 spiro atoms. The van der Waals surface area contributed by atoms with Crippen molar-refractivity contribution in [2.75, 3.05) is 0 Å². The molecule has 5 nitrogen and oxygen atoms in total. The first-order chi connectivity index (χ1) is 8.61. The van der Waals surface area contributed by atoms with E-state index >= 15 is 0 Å². The van der Waals surface area contributed by atoms with Crippen molar-refractivity contribution >= 4 is 0 Å². The predicted octanol–water partition coefficient (Wildman–Crippen LogP) is 0.737. The second-order valence-electron chi connectivity index (χ2n) is 5.25. The average Bonchev–Trinajstić information content (AvgIpc) is 2.77. The molecule has 102 valence electrons. The van der Waals surface area contributed by atoms with Gasteiger partial charge < -0.3 is 19.7 Å². The van der Waals surface area contributed by atoms with Gasteiger partial charge in [0.25, 0.3) is 0 Å². The average molecular weight is 255 g/mol. The van der Waals surface area contributed by atoms with Crippen LogP contribution in [0.25, 0.3) is 0 Å². The highest BCUT2D eigenvalue weighted by atomic mass is 16.6. The number of aliphatic hydroxyl groups is 2. The first kappa shape index (κ1) is 13.8. The fourth-order valence-corrected chi connectivity index (χ4v) is 2.78. The molecule has 5 heteroatoms. The van der Waals surface area contributed by atoms with Gasteiger partial charge in [-0.1, -0.05) is 0 Å². The zero-order valence-corrected chi connectivity index (χ0v) is 10.7. The van der Waals surface area contributed by atoms with Crippen LogP contribution < -0.4 is 0 Å². The molecule has 0 aromatic carbocycles. The Hall–Kier alpha value is -0.670. The number of fused-ring (bicyclic) bond motifs is 1. The monoisotopic (exact) mass is 255 g/mol. The number of hydrogen-bond donors (Lipinski definition) is 2. The van der Waals surface area contributed by atoms with E-state index in [0.29, 0.717) is 12.8 Å². The highest BCUT2D eigenvalue weighted by Gasteiger charge is 2.43. The van der Waals surface area contributed by atoms with Gasteiger partial charge in [0.1, 0.15) is 6.10 Å². The van der Waals surface area contributed by atoms with Crippen molar-refractivity contribution in [1.29, 1.82) is 5.26 Å². The molecule has 0 aromatic heterocycles. The smallest absolute Gasteiger partial charge is 0.106 e. The van der Waals surface area contributed by atoms with Crippen molar-refractivity contribution in [2.24, 2.45) is 0 Å². The second kappa shape index (κ2) is 5.98. The molecule has 2 fully saturated rings. The topological polar surface area (TPSA) is 82.7 Å². The van der Waals surface area contributed by atoms with Gasteiger partial charge in [-0.05, 0) is 26.2 Å². The van der Waals surface area contributed by atoms with Gasteiger partial charge in [-0.25, -0.2) is 0 Å². The Morgan fingerprint density at radius 1 is 1.28 bits per heavy atom. The van der Waals surface area contributed by atoms with E-state index in [1.807, 2.05) is 0 Å². The van der Waals surface area contributed by atoms with Gasteiger partial charge in [0.2, 0.25) is 0 Å². The molecule has 0 aliphatic carbocycles. The molecule has 2 aliphatic heterocycles. The van der Waals surface area contributed by atoms with Crippen molar-refractivity contribution in [3.8, 4) is 6.07 Å². The molecule has 18 heavy (non-hydrogen) atoms. The van der Waals surface area contributed by atoms with Crippen LogP contribution in [0.5, 0.6) is 0 Å². The molecule has 0 saturated carbocycles. The SMILES string of the molecule is C[C@@H](O)[C@@H](O)[C@H]1C[C@@H]2OC(CCC#N)CC[C@@H]2O1. The Morgan fingerprint density at radius 2 is 2.06 bits per heavy atom. The molecular formula is C13H21NO4. The van der Waals surface area contributed by atoms with Crippen molar-refractivity contribution < 1.29 is 19.7 Å². The van der Waals surface area contributed by atoms with E-state index in [4.69, 9.17) is 14.7 Å². The molecule has 2 N–H and O–H groups in total. The van der Waals surface area contributed by atoms with Gasteiger partial charge in [-0.15, -0.1) is 0 Å². The van der Waals surface area contributed by atoms with E-state index in [0.717, 1.165) is 19.3 Å². The third-order valence-electron chi connectivity index (χ3n) is 3.82. The summed E-state index contributed by atoms with van der Waals surface area (Å²) in [5, 5.41) is 27.8. The molecule has 0 bridgehead atoms. The third-order valence-corrected chi connectivity index (χ3v) is 3.82. The fraction of sp³-hybridized carbons (Fsp3) is 0.923. The number of nitriles is 1.